The maximum absolute atomic E-state index is 12.2. The quantitative estimate of drug-likeness (QED) is 0.587. The molecule has 2 rings (SSSR count). The van der Waals surface area contributed by atoms with Gasteiger partial charge in [0, 0.05) is 0 Å². The summed E-state index contributed by atoms with van der Waals surface area (Å²) in [7, 11) is 2.78. The Morgan fingerprint density at radius 2 is 1.00 bits per heavy atom. The normalized spacial score (nSPS) is 21.7. The van der Waals surface area contributed by atoms with Crippen molar-refractivity contribution in [2.45, 2.75) is 51.4 Å². The molecule has 0 saturated heterocycles. The van der Waals surface area contributed by atoms with Crippen LogP contribution in [-0.2, 0) is 19.1 Å². The topological polar surface area (TPSA) is 52.6 Å². The predicted octanol–water partition coefficient (Wildman–Crippen LogP) is 3.01. The van der Waals surface area contributed by atoms with Crippen LogP contribution in [0.15, 0.2) is 11.1 Å². The highest BCUT2D eigenvalue weighted by Gasteiger charge is 2.35. The van der Waals surface area contributed by atoms with Crippen molar-refractivity contribution >= 4 is 11.9 Å². The molecule has 2 saturated carbocycles. The molecule has 2 aliphatic carbocycles. The molecule has 112 valence electrons. The van der Waals surface area contributed by atoms with E-state index in [1.54, 1.807) is 0 Å². The number of hydrogen-bond donors (Lipinski definition) is 0. The molecule has 4 heteroatoms. The third-order valence-corrected chi connectivity index (χ3v) is 4.63. The van der Waals surface area contributed by atoms with E-state index in [0.29, 0.717) is 11.1 Å². The molecule has 0 N–H and O–H groups in total. The van der Waals surface area contributed by atoms with E-state index in [1.807, 2.05) is 0 Å². The van der Waals surface area contributed by atoms with Crippen LogP contribution in [0.1, 0.15) is 51.4 Å². The van der Waals surface area contributed by atoms with Gasteiger partial charge >= 0.3 is 11.9 Å². The van der Waals surface area contributed by atoms with E-state index in [1.165, 1.54) is 14.2 Å². The van der Waals surface area contributed by atoms with Gasteiger partial charge in [-0.1, -0.05) is 25.7 Å². The Kier molecular flexibility index (Phi) is 5.21. The summed E-state index contributed by atoms with van der Waals surface area (Å²) in [5, 5.41) is 0. The lowest BCUT2D eigenvalue weighted by atomic mass is 9.85. The predicted molar refractivity (Wildman–Crippen MR) is 75.0 cm³/mol. The van der Waals surface area contributed by atoms with Gasteiger partial charge in [0.1, 0.15) is 0 Å². The molecule has 0 unspecified atom stereocenters. The molecule has 0 aromatic rings. The summed E-state index contributed by atoms with van der Waals surface area (Å²) in [5.74, 6) is -0.359. The number of esters is 2. The SMILES string of the molecule is COC(=O)/C(=C(\C(=O)OC)C1CCCC1)C1CCCC1. The van der Waals surface area contributed by atoms with Gasteiger partial charge in [-0.15, -0.1) is 0 Å². The van der Waals surface area contributed by atoms with Crippen molar-refractivity contribution in [3.63, 3.8) is 0 Å². The number of hydrogen-bond acceptors (Lipinski definition) is 4. The smallest absolute Gasteiger partial charge is 0.334 e. The molecular formula is C16H24O4. The largest absolute Gasteiger partial charge is 0.466 e. The minimum atomic E-state index is -0.343. The standard InChI is InChI=1S/C16H24O4/c1-19-15(17)13(11-7-3-4-8-11)14(16(18)20-2)12-9-5-6-10-12/h11-12H,3-10H2,1-2H3/b14-13-. The van der Waals surface area contributed by atoms with Gasteiger partial charge in [-0.05, 0) is 37.5 Å². The molecule has 0 heterocycles. The molecule has 4 nitrogen and oxygen atoms in total. The molecule has 0 atom stereocenters. The molecule has 0 amide bonds. The van der Waals surface area contributed by atoms with Gasteiger partial charge in [0.25, 0.3) is 0 Å². The zero-order valence-corrected chi connectivity index (χ0v) is 12.4. The van der Waals surface area contributed by atoms with Crippen LogP contribution in [0.2, 0.25) is 0 Å². The first-order valence-electron chi connectivity index (χ1n) is 7.59. The van der Waals surface area contributed by atoms with Gasteiger partial charge in [0.15, 0.2) is 0 Å². The summed E-state index contributed by atoms with van der Waals surface area (Å²) in [4.78, 5) is 24.5. The Hall–Kier alpha value is -1.32. The average Bonchev–Trinajstić information content (AvgIpc) is 3.15. The van der Waals surface area contributed by atoms with Crippen LogP contribution in [0.25, 0.3) is 0 Å². The van der Waals surface area contributed by atoms with Crippen molar-refractivity contribution in [1.82, 2.24) is 0 Å². The fourth-order valence-corrected chi connectivity index (χ4v) is 3.64. The van der Waals surface area contributed by atoms with Gasteiger partial charge in [0.05, 0.1) is 25.4 Å². The second-order valence-corrected chi connectivity index (χ2v) is 5.77. The number of carbonyl (C=O) groups is 2. The lowest BCUT2D eigenvalue weighted by Crippen LogP contribution is -2.23. The maximum atomic E-state index is 12.2. The monoisotopic (exact) mass is 280 g/mol. The lowest BCUT2D eigenvalue weighted by Gasteiger charge is -2.21. The first-order chi connectivity index (χ1) is 9.69. The van der Waals surface area contributed by atoms with E-state index in [-0.39, 0.29) is 23.8 Å². The van der Waals surface area contributed by atoms with Crippen LogP contribution in [-0.4, -0.2) is 26.2 Å². The summed E-state index contributed by atoms with van der Waals surface area (Å²) in [5.41, 5.74) is 1.20. The van der Waals surface area contributed by atoms with E-state index >= 15 is 0 Å². The lowest BCUT2D eigenvalue weighted by molar-refractivity contribution is -0.140. The number of rotatable bonds is 4. The molecule has 0 spiro atoms. The molecule has 0 bridgehead atoms. The van der Waals surface area contributed by atoms with Crippen LogP contribution in [0.5, 0.6) is 0 Å². The number of methoxy groups -OCH3 is 2. The van der Waals surface area contributed by atoms with Crippen LogP contribution in [0.3, 0.4) is 0 Å². The highest BCUT2D eigenvalue weighted by molar-refractivity contribution is 6.01. The molecule has 0 aromatic heterocycles. The highest BCUT2D eigenvalue weighted by atomic mass is 16.5. The van der Waals surface area contributed by atoms with Crippen LogP contribution in [0, 0.1) is 11.8 Å². The zero-order chi connectivity index (χ0) is 14.5. The van der Waals surface area contributed by atoms with Gasteiger partial charge in [-0.25, -0.2) is 9.59 Å². The van der Waals surface area contributed by atoms with E-state index in [0.717, 1.165) is 51.4 Å². The number of ether oxygens (including phenoxy) is 2. The summed E-state index contributed by atoms with van der Waals surface area (Å²) >= 11 is 0. The van der Waals surface area contributed by atoms with Crippen molar-refractivity contribution in [3.8, 4) is 0 Å². The Balaban J connectivity index is 2.43. The molecule has 0 aromatic carbocycles. The fraction of sp³-hybridized carbons (Fsp3) is 0.750. The molecule has 2 aliphatic rings. The molecule has 0 aliphatic heterocycles. The summed E-state index contributed by atoms with van der Waals surface area (Å²) in [6.45, 7) is 0. The molecular weight excluding hydrogens is 256 g/mol. The second kappa shape index (κ2) is 6.91. The van der Waals surface area contributed by atoms with Crippen molar-refractivity contribution < 1.29 is 19.1 Å². The van der Waals surface area contributed by atoms with E-state index in [9.17, 15) is 9.59 Å². The second-order valence-electron chi connectivity index (χ2n) is 5.77. The Bertz CT molecular complexity index is 361. The zero-order valence-electron chi connectivity index (χ0n) is 12.4. The minimum absolute atomic E-state index is 0.164. The Morgan fingerprint density at radius 3 is 1.25 bits per heavy atom. The third kappa shape index (κ3) is 3.05. The Labute approximate surface area is 120 Å². The van der Waals surface area contributed by atoms with Gasteiger partial charge in [-0.2, -0.15) is 0 Å². The average molecular weight is 280 g/mol. The first-order valence-corrected chi connectivity index (χ1v) is 7.59. The van der Waals surface area contributed by atoms with Gasteiger partial charge in [-0.3, -0.25) is 0 Å². The summed E-state index contributed by atoms with van der Waals surface area (Å²) < 4.78 is 9.91. The highest BCUT2D eigenvalue weighted by Crippen LogP contribution is 2.39. The molecule has 20 heavy (non-hydrogen) atoms. The van der Waals surface area contributed by atoms with Gasteiger partial charge < -0.3 is 9.47 Å². The van der Waals surface area contributed by atoms with Crippen LogP contribution < -0.4 is 0 Å². The molecule has 0 radical (unpaired) electrons. The minimum Gasteiger partial charge on any atom is -0.466 e. The van der Waals surface area contributed by atoms with Crippen molar-refractivity contribution in [2.24, 2.45) is 11.8 Å². The van der Waals surface area contributed by atoms with Gasteiger partial charge in [0.2, 0.25) is 0 Å². The molecule has 2 fully saturated rings. The fourth-order valence-electron chi connectivity index (χ4n) is 3.64. The van der Waals surface area contributed by atoms with E-state index in [4.69, 9.17) is 9.47 Å². The van der Waals surface area contributed by atoms with Crippen molar-refractivity contribution in [2.75, 3.05) is 14.2 Å². The third-order valence-electron chi connectivity index (χ3n) is 4.63. The van der Waals surface area contributed by atoms with Crippen LogP contribution >= 0.6 is 0 Å². The first kappa shape index (κ1) is 15.1. The number of carbonyl (C=O) groups excluding carboxylic acids is 2. The van der Waals surface area contributed by atoms with Crippen molar-refractivity contribution in [3.05, 3.63) is 11.1 Å². The van der Waals surface area contributed by atoms with E-state index < -0.39 is 0 Å². The Morgan fingerprint density at radius 1 is 0.700 bits per heavy atom. The maximum Gasteiger partial charge on any atom is 0.334 e. The van der Waals surface area contributed by atoms with E-state index in [2.05, 4.69) is 0 Å². The summed E-state index contributed by atoms with van der Waals surface area (Å²) in [6.07, 6.45) is 8.34. The van der Waals surface area contributed by atoms with Crippen LogP contribution in [0.4, 0.5) is 0 Å². The van der Waals surface area contributed by atoms with Crippen molar-refractivity contribution in [1.29, 1.82) is 0 Å². The summed E-state index contributed by atoms with van der Waals surface area (Å²) in [6, 6.07) is 0.